The van der Waals surface area contributed by atoms with Crippen LogP contribution in [0.3, 0.4) is 0 Å². The summed E-state index contributed by atoms with van der Waals surface area (Å²) in [7, 11) is 0. The Hall–Kier alpha value is -1.93. The van der Waals surface area contributed by atoms with Crippen LogP contribution in [0.2, 0.25) is 0 Å². The number of Topliss-reactive ketones (excluding diaryl/α,β-unsaturated/α-hetero) is 1. The topological polar surface area (TPSA) is 20.3 Å². The van der Waals surface area contributed by atoms with Crippen LogP contribution in [0.15, 0.2) is 60.7 Å². The standard InChI is InChI=1S/C21H25NO/c23-21-14-16-22(15-13-19-9-5-2-6-10-19)17-20(21)12-11-18-7-3-1-4-8-18/h1-10,20H,11-17H2. The first-order valence-corrected chi connectivity index (χ1v) is 8.64. The molecular formula is C21H25NO. The van der Waals surface area contributed by atoms with Crippen molar-refractivity contribution in [3.8, 4) is 0 Å². The van der Waals surface area contributed by atoms with Gasteiger partial charge in [-0.3, -0.25) is 4.79 Å². The number of carbonyl (C=O) groups is 1. The smallest absolute Gasteiger partial charge is 0.138 e. The molecule has 120 valence electrons. The van der Waals surface area contributed by atoms with E-state index in [2.05, 4.69) is 59.5 Å². The summed E-state index contributed by atoms with van der Waals surface area (Å²) < 4.78 is 0. The molecule has 1 fully saturated rings. The summed E-state index contributed by atoms with van der Waals surface area (Å²) >= 11 is 0. The summed E-state index contributed by atoms with van der Waals surface area (Å²) in [5, 5.41) is 0. The maximum Gasteiger partial charge on any atom is 0.138 e. The van der Waals surface area contributed by atoms with Gasteiger partial charge >= 0.3 is 0 Å². The van der Waals surface area contributed by atoms with Crippen LogP contribution in [0.5, 0.6) is 0 Å². The average Bonchev–Trinajstić information content (AvgIpc) is 2.62. The Morgan fingerprint density at radius 2 is 1.48 bits per heavy atom. The molecular weight excluding hydrogens is 282 g/mol. The monoisotopic (exact) mass is 307 g/mol. The van der Waals surface area contributed by atoms with Gasteiger partial charge in [0.2, 0.25) is 0 Å². The fraction of sp³-hybridized carbons (Fsp3) is 0.381. The molecule has 2 nitrogen and oxygen atoms in total. The van der Waals surface area contributed by atoms with Gasteiger partial charge in [0.05, 0.1) is 0 Å². The highest BCUT2D eigenvalue weighted by Crippen LogP contribution is 2.19. The van der Waals surface area contributed by atoms with Crippen LogP contribution in [-0.4, -0.2) is 30.3 Å². The van der Waals surface area contributed by atoms with Crippen LogP contribution in [0.25, 0.3) is 0 Å². The quantitative estimate of drug-likeness (QED) is 0.810. The zero-order chi connectivity index (χ0) is 15.9. The molecule has 0 aliphatic carbocycles. The highest BCUT2D eigenvalue weighted by atomic mass is 16.1. The predicted molar refractivity (Wildman–Crippen MR) is 94.5 cm³/mol. The van der Waals surface area contributed by atoms with E-state index in [9.17, 15) is 4.79 Å². The number of ketones is 1. The average molecular weight is 307 g/mol. The Balaban J connectivity index is 1.49. The van der Waals surface area contributed by atoms with Crippen molar-refractivity contribution in [3.05, 3.63) is 71.8 Å². The number of aryl methyl sites for hydroxylation is 1. The Labute approximate surface area is 139 Å². The van der Waals surface area contributed by atoms with Crippen LogP contribution >= 0.6 is 0 Å². The lowest BCUT2D eigenvalue weighted by Crippen LogP contribution is -2.41. The molecule has 1 saturated heterocycles. The number of rotatable bonds is 6. The Bertz CT molecular complexity index is 608. The largest absolute Gasteiger partial charge is 0.302 e. The molecule has 1 aliphatic heterocycles. The van der Waals surface area contributed by atoms with Crippen molar-refractivity contribution in [2.24, 2.45) is 5.92 Å². The number of likely N-dealkylation sites (tertiary alicyclic amines) is 1. The van der Waals surface area contributed by atoms with Crippen molar-refractivity contribution in [1.82, 2.24) is 4.90 Å². The van der Waals surface area contributed by atoms with E-state index in [4.69, 9.17) is 0 Å². The van der Waals surface area contributed by atoms with Crippen LogP contribution in [0.1, 0.15) is 24.0 Å². The molecule has 1 atom stereocenters. The van der Waals surface area contributed by atoms with Crippen molar-refractivity contribution in [1.29, 1.82) is 0 Å². The summed E-state index contributed by atoms with van der Waals surface area (Å²) in [6, 6.07) is 21.1. The second-order valence-electron chi connectivity index (χ2n) is 6.47. The molecule has 23 heavy (non-hydrogen) atoms. The van der Waals surface area contributed by atoms with Gasteiger partial charge in [-0.1, -0.05) is 60.7 Å². The molecule has 1 aliphatic rings. The van der Waals surface area contributed by atoms with Gasteiger partial charge < -0.3 is 4.90 Å². The van der Waals surface area contributed by atoms with Crippen molar-refractivity contribution in [3.63, 3.8) is 0 Å². The predicted octanol–water partition coefficient (Wildman–Crippen LogP) is 3.75. The highest BCUT2D eigenvalue weighted by Gasteiger charge is 2.26. The minimum Gasteiger partial charge on any atom is -0.302 e. The first-order chi connectivity index (χ1) is 11.3. The van der Waals surface area contributed by atoms with Gasteiger partial charge in [-0.15, -0.1) is 0 Å². The minimum atomic E-state index is 0.208. The number of carbonyl (C=O) groups excluding carboxylic acids is 1. The lowest BCUT2D eigenvalue weighted by atomic mass is 9.90. The molecule has 0 spiro atoms. The molecule has 0 N–H and O–H groups in total. The van der Waals surface area contributed by atoms with Gasteiger partial charge in [-0.25, -0.2) is 0 Å². The van der Waals surface area contributed by atoms with Crippen LogP contribution < -0.4 is 0 Å². The van der Waals surface area contributed by atoms with Crippen molar-refractivity contribution < 1.29 is 4.79 Å². The third-order valence-electron chi connectivity index (χ3n) is 4.79. The number of hydrogen-bond donors (Lipinski definition) is 0. The highest BCUT2D eigenvalue weighted by molar-refractivity contribution is 5.82. The number of benzene rings is 2. The van der Waals surface area contributed by atoms with E-state index >= 15 is 0 Å². The third-order valence-corrected chi connectivity index (χ3v) is 4.79. The van der Waals surface area contributed by atoms with E-state index < -0.39 is 0 Å². The molecule has 0 bridgehead atoms. The Morgan fingerprint density at radius 3 is 2.13 bits per heavy atom. The summed E-state index contributed by atoms with van der Waals surface area (Å²) in [5.41, 5.74) is 2.71. The molecule has 1 unspecified atom stereocenters. The van der Waals surface area contributed by atoms with Crippen molar-refractivity contribution >= 4 is 5.78 Å². The molecule has 2 aromatic rings. The summed E-state index contributed by atoms with van der Waals surface area (Å²) in [5.74, 6) is 0.664. The van der Waals surface area contributed by atoms with Gasteiger partial charge in [-0.05, 0) is 30.4 Å². The molecule has 3 rings (SSSR count). The third kappa shape index (κ3) is 4.77. The normalized spacial score (nSPS) is 19.0. The van der Waals surface area contributed by atoms with Gasteiger partial charge in [0, 0.05) is 32.0 Å². The van der Waals surface area contributed by atoms with Gasteiger partial charge in [-0.2, -0.15) is 0 Å². The lowest BCUT2D eigenvalue weighted by molar-refractivity contribution is -0.126. The molecule has 2 aromatic carbocycles. The zero-order valence-corrected chi connectivity index (χ0v) is 13.7. The molecule has 2 heteroatoms. The molecule has 0 amide bonds. The van der Waals surface area contributed by atoms with Gasteiger partial charge in [0.1, 0.15) is 5.78 Å². The van der Waals surface area contributed by atoms with Crippen LogP contribution in [0, 0.1) is 5.92 Å². The summed E-state index contributed by atoms with van der Waals surface area (Å²) in [4.78, 5) is 14.7. The van der Waals surface area contributed by atoms with Gasteiger partial charge in [0.15, 0.2) is 0 Å². The number of nitrogens with zero attached hydrogens (tertiary/aromatic N) is 1. The number of piperidine rings is 1. The van der Waals surface area contributed by atoms with E-state index in [1.54, 1.807) is 0 Å². The van der Waals surface area contributed by atoms with Crippen LogP contribution in [-0.2, 0) is 17.6 Å². The minimum absolute atomic E-state index is 0.208. The fourth-order valence-electron chi connectivity index (χ4n) is 3.35. The van der Waals surface area contributed by atoms with E-state index in [0.717, 1.165) is 38.9 Å². The van der Waals surface area contributed by atoms with Crippen molar-refractivity contribution in [2.75, 3.05) is 19.6 Å². The SMILES string of the molecule is O=C1CCN(CCc2ccccc2)CC1CCc1ccccc1. The zero-order valence-electron chi connectivity index (χ0n) is 13.7. The van der Waals surface area contributed by atoms with E-state index in [1.807, 2.05) is 6.07 Å². The van der Waals surface area contributed by atoms with Crippen molar-refractivity contribution in [2.45, 2.75) is 25.7 Å². The summed E-state index contributed by atoms with van der Waals surface area (Å²) in [6.07, 6.45) is 3.77. The molecule has 0 saturated carbocycles. The molecule has 1 heterocycles. The first kappa shape index (κ1) is 15.9. The maximum atomic E-state index is 12.2. The van der Waals surface area contributed by atoms with Gasteiger partial charge in [0.25, 0.3) is 0 Å². The molecule has 0 radical (unpaired) electrons. The summed E-state index contributed by atoms with van der Waals surface area (Å²) in [6.45, 7) is 2.91. The second kappa shape index (κ2) is 8.07. The molecule has 0 aromatic heterocycles. The number of hydrogen-bond acceptors (Lipinski definition) is 2. The first-order valence-electron chi connectivity index (χ1n) is 8.64. The second-order valence-corrected chi connectivity index (χ2v) is 6.47. The van der Waals surface area contributed by atoms with E-state index in [0.29, 0.717) is 12.2 Å². The van der Waals surface area contributed by atoms with E-state index in [1.165, 1.54) is 11.1 Å². The van der Waals surface area contributed by atoms with E-state index in [-0.39, 0.29) is 5.92 Å². The van der Waals surface area contributed by atoms with Crippen LogP contribution in [0.4, 0.5) is 0 Å². The maximum absolute atomic E-state index is 12.2. The lowest BCUT2D eigenvalue weighted by Gasteiger charge is -2.31. The fourth-order valence-corrected chi connectivity index (χ4v) is 3.35. The Kier molecular flexibility index (Phi) is 5.60. The Morgan fingerprint density at radius 1 is 0.870 bits per heavy atom.